The first-order valence-electron chi connectivity index (χ1n) is 5.12. The molecule has 0 spiro atoms. The molecule has 2 heterocycles. The van der Waals surface area contributed by atoms with Crippen molar-refractivity contribution in [3.8, 4) is 0 Å². The van der Waals surface area contributed by atoms with E-state index in [1.54, 1.807) is 9.80 Å². The minimum absolute atomic E-state index is 0.0202. The van der Waals surface area contributed by atoms with Crippen molar-refractivity contribution in [2.75, 3.05) is 31.9 Å². The zero-order valence-electron chi connectivity index (χ0n) is 8.52. The third-order valence-electron chi connectivity index (χ3n) is 2.75. The SMILES string of the molecule is NC1CCN(C(=O)CN2CCSC2=O)C1. The molecule has 1 atom stereocenters. The number of hydrogen-bond acceptors (Lipinski definition) is 4. The Balaban J connectivity index is 1.84. The Hall–Kier alpha value is -0.750. The van der Waals surface area contributed by atoms with Crippen molar-refractivity contribution in [1.82, 2.24) is 9.80 Å². The van der Waals surface area contributed by atoms with E-state index >= 15 is 0 Å². The number of carbonyl (C=O) groups excluding carboxylic acids is 2. The number of hydrogen-bond donors (Lipinski definition) is 1. The first kappa shape index (κ1) is 10.8. The predicted molar refractivity (Wildman–Crippen MR) is 58.6 cm³/mol. The predicted octanol–water partition coefficient (Wildman–Crippen LogP) is -0.285. The van der Waals surface area contributed by atoms with Crippen molar-refractivity contribution in [2.24, 2.45) is 5.73 Å². The van der Waals surface area contributed by atoms with Gasteiger partial charge in [0.15, 0.2) is 0 Å². The van der Waals surface area contributed by atoms with Gasteiger partial charge in [0, 0.05) is 31.4 Å². The molecule has 0 bridgehead atoms. The molecular weight excluding hydrogens is 214 g/mol. The first-order chi connectivity index (χ1) is 7.16. The number of nitrogens with two attached hydrogens (primary N) is 1. The zero-order valence-corrected chi connectivity index (χ0v) is 9.33. The molecule has 0 aromatic heterocycles. The van der Waals surface area contributed by atoms with Gasteiger partial charge in [-0.05, 0) is 6.42 Å². The van der Waals surface area contributed by atoms with Gasteiger partial charge in [-0.2, -0.15) is 0 Å². The maximum absolute atomic E-state index is 11.8. The second-order valence-corrected chi connectivity index (χ2v) is 4.97. The zero-order chi connectivity index (χ0) is 10.8. The fraction of sp³-hybridized carbons (Fsp3) is 0.778. The smallest absolute Gasteiger partial charge is 0.282 e. The average Bonchev–Trinajstić information content (AvgIpc) is 2.77. The molecule has 2 fully saturated rings. The molecule has 0 aromatic rings. The van der Waals surface area contributed by atoms with Crippen LogP contribution < -0.4 is 5.73 Å². The van der Waals surface area contributed by atoms with E-state index in [2.05, 4.69) is 0 Å². The monoisotopic (exact) mass is 229 g/mol. The number of amides is 2. The van der Waals surface area contributed by atoms with Gasteiger partial charge in [-0.1, -0.05) is 11.8 Å². The van der Waals surface area contributed by atoms with E-state index in [-0.39, 0.29) is 23.7 Å². The molecule has 0 radical (unpaired) electrons. The highest BCUT2D eigenvalue weighted by molar-refractivity contribution is 8.13. The average molecular weight is 229 g/mol. The highest BCUT2D eigenvalue weighted by Crippen LogP contribution is 2.17. The standard InChI is InChI=1S/C9H15N3O2S/c10-7-1-2-11(5-7)8(13)6-12-3-4-15-9(12)14/h7H,1-6,10H2. The summed E-state index contributed by atoms with van der Waals surface area (Å²) in [5, 5.41) is 0.0202. The summed E-state index contributed by atoms with van der Waals surface area (Å²) in [6.45, 7) is 2.27. The van der Waals surface area contributed by atoms with Crippen LogP contribution in [0.25, 0.3) is 0 Å². The van der Waals surface area contributed by atoms with E-state index in [0.29, 0.717) is 13.1 Å². The summed E-state index contributed by atoms with van der Waals surface area (Å²) in [4.78, 5) is 26.4. The first-order valence-corrected chi connectivity index (χ1v) is 6.10. The molecule has 5 nitrogen and oxygen atoms in total. The Morgan fingerprint density at radius 1 is 1.53 bits per heavy atom. The van der Waals surface area contributed by atoms with Gasteiger partial charge in [0.25, 0.3) is 5.24 Å². The Morgan fingerprint density at radius 3 is 2.87 bits per heavy atom. The maximum atomic E-state index is 11.8. The summed E-state index contributed by atoms with van der Waals surface area (Å²) in [7, 11) is 0. The molecule has 2 aliphatic heterocycles. The fourth-order valence-electron chi connectivity index (χ4n) is 1.85. The second kappa shape index (κ2) is 4.40. The Labute approximate surface area is 93.0 Å². The van der Waals surface area contributed by atoms with Crippen molar-refractivity contribution >= 4 is 22.9 Å². The summed E-state index contributed by atoms with van der Waals surface area (Å²) >= 11 is 1.28. The number of rotatable bonds is 2. The molecular formula is C9H15N3O2S. The van der Waals surface area contributed by atoms with Crippen molar-refractivity contribution in [1.29, 1.82) is 0 Å². The van der Waals surface area contributed by atoms with E-state index in [1.165, 1.54) is 11.8 Å². The van der Waals surface area contributed by atoms with Crippen LogP contribution in [0, 0.1) is 0 Å². The summed E-state index contributed by atoms with van der Waals surface area (Å²) in [5.74, 6) is 0.824. The van der Waals surface area contributed by atoms with Crippen LogP contribution in [0.3, 0.4) is 0 Å². The van der Waals surface area contributed by atoms with Crippen molar-refractivity contribution in [3.63, 3.8) is 0 Å². The lowest BCUT2D eigenvalue weighted by atomic mass is 10.3. The van der Waals surface area contributed by atoms with Crippen LogP contribution in [-0.2, 0) is 4.79 Å². The summed E-state index contributed by atoms with van der Waals surface area (Å²) < 4.78 is 0. The van der Waals surface area contributed by atoms with E-state index in [0.717, 1.165) is 18.7 Å². The molecule has 2 aliphatic rings. The van der Waals surface area contributed by atoms with E-state index in [4.69, 9.17) is 5.73 Å². The number of nitrogens with zero attached hydrogens (tertiary/aromatic N) is 2. The van der Waals surface area contributed by atoms with Crippen LogP contribution in [0.5, 0.6) is 0 Å². The van der Waals surface area contributed by atoms with Crippen molar-refractivity contribution < 1.29 is 9.59 Å². The van der Waals surface area contributed by atoms with Gasteiger partial charge in [-0.15, -0.1) is 0 Å². The lowest BCUT2D eigenvalue weighted by Gasteiger charge is -2.20. The molecule has 2 saturated heterocycles. The molecule has 1 unspecified atom stereocenters. The van der Waals surface area contributed by atoms with Crippen LogP contribution in [-0.4, -0.2) is 58.9 Å². The molecule has 0 aromatic carbocycles. The minimum atomic E-state index is 0.0202. The van der Waals surface area contributed by atoms with Gasteiger partial charge in [0.1, 0.15) is 6.54 Å². The Morgan fingerprint density at radius 2 is 2.33 bits per heavy atom. The number of thioether (sulfide) groups is 1. The molecule has 2 rings (SSSR count). The third kappa shape index (κ3) is 2.43. The third-order valence-corrected chi connectivity index (χ3v) is 3.64. The van der Waals surface area contributed by atoms with Gasteiger partial charge < -0.3 is 15.5 Å². The lowest BCUT2D eigenvalue weighted by molar-refractivity contribution is -0.130. The van der Waals surface area contributed by atoms with Gasteiger partial charge >= 0.3 is 0 Å². The fourth-order valence-corrected chi connectivity index (χ4v) is 2.67. The van der Waals surface area contributed by atoms with Crippen LogP contribution in [0.15, 0.2) is 0 Å². The second-order valence-electron chi connectivity index (χ2n) is 3.92. The lowest BCUT2D eigenvalue weighted by Crippen LogP contribution is -2.40. The molecule has 2 amide bonds. The van der Waals surface area contributed by atoms with Gasteiger partial charge in [-0.25, -0.2) is 0 Å². The quantitative estimate of drug-likeness (QED) is 0.707. The summed E-state index contributed by atoms with van der Waals surface area (Å²) in [6.07, 6.45) is 0.869. The van der Waals surface area contributed by atoms with Crippen LogP contribution in [0.4, 0.5) is 4.79 Å². The topological polar surface area (TPSA) is 66.6 Å². The number of carbonyl (C=O) groups is 2. The molecule has 0 aliphatic carbocycles. The Kier molecular flexibility index (Phi) is 3.16. The van der Waals surface area contributed by atoms with Crippen LogP contribution in [0.2, 0.25) is 0 Å². The van der Waals surface area contributed by atoms with Crippen LogP contribution >= 0.6 is 11.8 Å². The van der Waals surface area contributed by atoms with E-state index in [9.17, 15) is 9.59 Å². The highest BCUT2D eigenvalue weighted by atomic mass is 32.2. The van der Waals surface area contributed by atoms with E-state index in [1.807, 2.05) is 0 Å². The van der Waals surface area contributed by atoms with Crippen molar-refractivity contribution in [2.45, 2.75) is 12.5 Å². The number of likely N-dealkylation sites (tertiary alicyclic amines) is 1. The normalized spacial score (nSPS) is 26.5. The van der Waals surface area contributed by atoms with Crippen molar-refractivity contribution in [3.05, 3.63) is 0 Å². The van der Waals surface area contributed by atoms with Gasteiger partial charge in [0.05, 0.1) is 0 Å². The largest absolute Gasteiger partial charge is 0.340 e. The minimum Gasteiger partial charge on any atom is -0.340 e. The molecule has 84 valence electrons. The summed E-state index contributed by atoms with van der Waals surface area (Å²) in [6, 6.07) is 0.109. The molecule has 0 saturated carbocycles. The van der Waals surface area contributed by atoms with Crippen LogP contribution in [0.1, 0.15) is 6.42 Å². The molecule has 6 heteroatoms. The highest BCUT2D eigenvalue weighted by Gasteiger charge is 2.28. The summed E-state index contributed by atoms with van der Waals surface area (Å²) in [5.41, 5.74) is 5.72. The Bertz CT molecular complexity index is 285. The molecule has 2 N–H and O–H groups in total. The maximum Gasteiger partial charge on any atom is 0.282 e. The van der Waals surface area contributed by atoms with Gasteiger partial charge in [0.2, 0.25) is 5.91 Å². The van der Waals surface area contributed by atoms with E-state index < -0.39 is 0 Å². The van der Waals surface area contributed by atoms with Gasteiger partial charge in [-0.3, -0.25) is 9.59 Å². The molecule has 15 heavy (non-hydrogen) atoms.